The summed E-state index contributed by atoms with van der Waals surface area (Å²) in [6.07, 6.45) is -3.15. The minimum absolute atomic E-state index is 0.0186. The second kappa shape index (κ2) is 10.2. The predicted molar refractivity (Wildman–Crippen MR) is 126 cm³/mol. The van der Waals surface area contributed by atoms with E-state index >= 15 is 0 Å². The molecule has 0 bridgehead atoms. The fraction of sp³-hybridized carbons (Fsp3) is 0.438. The van der Waals surface area contributed by atoms with Crippen LogP contribution in [0.15, 0.2) is 36.2 Å². The number of rotatable bonds is 9. The number of imidazole rings is 1. The van der Waals surface area contributed by atoms with Crippen LogP contribution in [0.2, 0.25) is 0 Å². The fourth-order valence-electron chi connectivity index (χ4n) is 4.61. The maximum absolute atomic E-state index is 12.1. The summed E-state index contributed by atoms with van der Waals surface area (Å²) >= 11 is 0. The highest BCUT2D eigenvalue weighted by Gasteiger charge is 2.72. The molecule has 226 valence electrons. The standard InChI is InChI=1S/C16H16N8O16P2/c17-13-10-14(19-4-18-13)21(5-20-10)15-12-11(7(37-15)3-36-42(34,35)40-41(31,32)33)38-16(39-12)8(23(27)28)1-6(22(25)26)2-9(16)24(29)30/h1-2,4-5,7-8,11-12,15H,3H2,(H,34,35)(H2,17,18,19)(H2,31,32,33)/t7-,8?,11-,12-,15-,16?/m1/s1. The van der Waals surface area contributed by atoms with E-state index in [0.29, 0.717) is 12.2 Å². The number of phosphoric ester groups is 1. The van der Waals surface area contributed by atoms with Gasteiger partial charge in [-0.1, -0.05) is 0 Å². The van der Waals surface area contributed by atoms with Crippen molar-refractivity contribution in [1.82, 2.24) is 19.5 Å². The zero-order valence-electron chi connectivity index (χ0n) is 20.2. The van der Waals surface area contributed by atoms with E-state index in [1.807, 2.05) is 0 Å². The van der Waals surface area contributed by atoms with E-state index < -0.39 is 84.8 Å². The van der Waals surface area contributed by atoms with Crippen LogP contribution >= 0.6 is 15.6 Å². The minimum Gasteiger partial charge on any atom is -0.382 e. The van der Waals surface area contributed by atoms with Crippen LogP contribution in [-0.2, 0) is 32.2 Å². The van der Waals surface area contributed by atoms with E-state index in [1.54, 1.807) is 0 Å². The van der Waals surface area contributed by atoms with Crippen molar-refractivity contribution >= 4 is 32.6 Å². The van der Waals surface area contributed by atoms with Crippen molar-refractivity contribution in [3.8, 4) is 0 Å². The molecule has 26 heteroatoms. The molecule has 0 aromatic carbocycles. The molecule has 42 heavy (non-hydrogen) atoms. The second-order valence-electron chi connectivity index (χ2n) is 8.68. The number of aromatic nitrogens is 4. The summed E-state index contributed by atoms with van der Waals surface area (Å²) in [7, 11) is -11.0. The van der Waals surface area contributed by atoms with Gasteiger partial charge in [-0.2, -0.15) is 4.31 Å². The zero-order valence-corrected chi connectivity index (χ0v) is 21.9. The summed E-state index contributed by atoms with van der Waals surface area (Å²) < 4.78 is 50.0. The molecule has 2 fully saturated rings. The van der Waals surface area contributed by atoms with E-state index in [-0.39, 0.29) is 17.0 Å². The van der Waals surface area contributed by atoms with Gasteiger partial charge in [0.05, 0.1) is 34.9 Å². The molecule has 7 atom stereocenters. The number of anilines is 1. The highest BCUT2D eigenvalue weighted by atomic mass is 31.3. The molecule has 0 radical (unpaired) electrons. The largest absolute Gasteiger partial charge is 0.481 e. The normalized spacial score (nSPS) is 30.5. The summed E-state index contributed by atoms with van der Waals surface area (Å²) in [5.41, 5.74) is 3.67. The number of fused-ring (bicyclic) bond motifs is 2. The van der Waals surface area contributed by atoms with Gasteiger partial charge in [0, 0.05) is 4.92 Å². The third-order valence-electron chi connectivity index (χ3n) is 6.17. The molecule has 0 amide bonds. The van der Waals surface area contributed by atoms with Crippen molar-refractivity contribution in [3.05, 3.63) is 66.5 Å². The molecule has 2 aromatic heterocycles. The van der Waals surface area contributed by atoms with Crippen LogP contribution in [-0.4, -0.2) is 85.7 Å². The Morgan fingerprint density at radius 2 is 1.76 bits per heavy atom. The van der Waals surface area contributed by atoms with Crippen LogP contribution in [0.3, 0.4) is 0 Å². The lowest BCUT2D eigenvalue weighted by molar-refractivity contribution is -0.569. The summed E-state index contributed by atoms with van der Waals surface area (Å²) in [5.74, 6) is -2.96. The first-order chi connectivity index (χ1) is 19.5. The van der Waals surface area contributed by atoms with Crippen LogP contribution in [0.25, 0.3) is 11.2 Å². The molecule has 4 heterocycles. The molecular formula is C16H16N8O16P2. The van der Waals surface area contributed by atoms with Crippen LogP contribution in [0, 0.1) is 30.3 Å². The molecule has 2 saturated heterocycles. The van der Waals surface area contributed by atoms with Gasteiger partial charge in [0.2, 0.25) is 0 Å². The summed E-state index contributed by atoms with van der Waals surface area (Å²) in [5, 5.41) is 35.4. The number of nitrogens with zero attached hydrogens (tertiary/aromatic N) is 7. The number of nitrogen functional groups attached to an aromatic ring is 1. The van der Waals surface area contributed by atoms with Gasteiger partial charge in [-0.05, 0) is 0 Å². The number of nitro groups is 3. The van der Waals surface area contributed by atoms with Crippen LogP contribution in [0.5, 0.6) is 0 Å². The summed E-state index contributed by atoms with van der Waals surface area (Å²) in [4.78, 5) is 71.3. The number of ether oxygens (including phenoxy) is 3. The van der Waals surface area contributed by atoms with Gasteiger partial charge in [-0.15, -0.1) is 0 Å². The molecule has 1 spiro atoms. The Kier molecular flexibility index (Phi) is 7.18. The first-order valence-electron chi connectivity index (χ1n) is 11.1. The van der Waals surface area contributed by atoms with Crippen LogP contribution in [0.4, 0.5) is 5.82 Å². The monoisotopic (exact) mass is 638 g/mol. The van der Waals surface area contributed by atoms with Gasteiger partial charge in [-0.3, -0.25) is 39.4 Å². The first-order valence-corrected chi connectivity index (χ1v) is 14.1. The maximum atomic E-state index is 12.1. The Morgan fingerprint density at radius 1 is 1.07 bits per heavy atom. The maximum Gasteiger partial charge on any atom is 0.481 e. The van der Waals surface area contributed by atoms with Crippen molar-refractivity contribution in [2.45, 2.75) is 36.4 Å². The van der Waals surface area contributed by atoms with Gasteiger partial charge in [0.1, 0.15) is 30.2 Å². The van der Waals surface area contributed by atoms with Crippen molar-refractivity contribution in [2.24, 2.45) is 0 Å². The Morgan fingerprint density at radius 3 is 2.38 bits per heavy atom. The lowest BCUT2D eigenvalue weighted by atomic mass is 9.96. The third kappa shape index (κ3) is 5.15. The molecule has 5 rings (SSSR count). The quantitative estimate of drug-likeness (QED) is 0.145. The fourth-order valence-corrected chi connectivity index (χ4v) is 6.21. The first kappa shape index (κ1) is 29.7. The molecule has 5 N–H and O–H groups in total. The average Bonchev–Trinajstić information content (AvgIpc) is 3.54. The molecule has 24 nitrogen and oxygen atoms in total. The number of allylic oxidation sites excluding steroid dienone is 1. The SMILES string of the molecule is Nc1ncnc2c1ncn2[C@@H]1O[C@H](COP(=O)(O)OP(=O)(O)O)[C@H]2OC3(O[C@H]21)C([N+](=O)[O-])=CC([N+](=O)[O-])=CC3[N+](=O)[O-]. The van der Waals surface area contributed by atoms with Crippen LogP contribution in [0.1, 0.15) is 6.23 Å². The number of nitrogens with two attached hydrogens (primary N) is 1. The lowest BCUT2D eigenvalue weighted by Gasteiger charge is -2.30. The van der Waals surface area contributed by atoms with Gasteiger partial charge in [0.25, 0.3) is 5.70 Å². The number of hydrogen-bond donors (Lipinski definition) is 4. The molecule has 3 aliphatic rings. The topological polar surface area (TPSA) is 340 Å². The van der Waals surface area contributed by atoms with Crippen molar-refractivity contribution in [3.63, 3.8) is 0 Å². The van der Waals surface area contributed by atoms with Gasteiger partial charge >= 0.3 is 33.2 Å². The highest BCUT2D eigenvalue weighted by molar-refractivity contribution is 7.60. The Balaban J connectivity index is 1.58. The Bertz CT molecular complexity index is 1660. The summed E-state index contributed by atoms with van der Waals surface area (Å²) in [6.45, 7) is -1.05. The zero-order chi connectivity index (χ0) is 30.8. The van der Waals surface area contributed by atoms with Crippen molar-refractivity contribution in [1.29, 1.82) is 0 Å². The highest BCUT2D eigenvalue weighted by Crippen LogP contribution is 2.58. The number of hydrogen-bond acceptors (Lipinski definition) is 17. The average molecular weight is 638 g/mol. The van der Waals surface area contributed by atoms with E-state index in [9.17, 15) is 44.4 Å². The Hall–Kier alpha value is -3.83. The lowest BCUT2D eigenvalue weighted by Crippen LogP contribution is -2.53. The van der Waals surface area contributed by atoms with Gasteiger partial charge in [-0.25, -0.2) is 24.1 Å². The smallest absolute Gasteiger partial charge is 0.382 e. The molecule has 1 aliphatic carbocycles. The van der Waals surface area contributed by atoms with Crippen molar-refractivity contribution < 1.29 is 61.6 Å². The van der Waals surface area contributed by atoms with E-state index in [2.05, 4.69) is 23.8 Å². The Labute approximate surface area is 229 Å². The molecule has 2 aliphatic heterocycles. The number of phosphoric acid groups is 2. The van der Waals surface area contributed by atoms with E-state index in [1.165, 1.54) is 4.57 Å². The van der Waals surface area contributed by atoms with E-state index in [0.717, 1.165) is 12.7 Å². The molecular weight excluding hydrogens is 622 g/mol. The van der Waals surface area contributed by atoms with Crippen LogP contribution < -0.4 is 5.73 Å². The minimum atomic E-state index is -5.53. The second-order valence-corrected chi connectivity index (χ2v) is 11.5. The summed E-state index contributed by atoms with van der Waals surface area (Å²) in [6, 6.07) is -2.35. The molecule has 3 unspecified atom stereocenters. The van der Waals surface area contributed by atoms with Gasteiger partial charge in [0.15, 0.2) is 17.7 Å². The predicted octanol–water partition coefficient (Wildman–Crippen LogP) is -1.01. The third-order valence-corrected chi connectivity index (χ3v) is 8.33. The van der Waals surface area contributed by atoms with E-state index in [4.69, 9.17) is 29.7 Å². The molecule has 2 aromatic rings. The van der Waals surface area contributed by atoms with Crippen molar-refractivity contribution in [2.75, 3.05) is 12.3 Å². The van der Waals surface area contributed by atoms with Gasteiger partial charge < -0.3 is 34.6 Å². The molecule has 0 saturated carbocycles.